The van der Waals surface area contributed by atoms with E-state index in [2.05, 4.69) is 20.0 Å². The molecule has 1 saturated heterocycles. The van der Waals surface area contributed by atoms with Crippen LogP contribution in [0.4, 0.5) is 5.69 Å². The lowest BCUT2D eigenvalue weighted by atomic mass is 10.2. The average molecular weight is 666 g/mol. The van der Waals surface area contributed by atoms with Gasteiger partial charge in [0, 0.05) is 37.4 Å². The third kappa shape index (κ3) is 7.72. The van der Waals surface area contributed by atoms with Gasteiger partial charge in [0.05, 0.1) is 38.7 Å². The van der Waals surface area contributed by atoms with Crippen molar-refractivity contribution in [1.29, 1.82) is 0 Å². The van der Waals surface area contributed by atoms with Crippen molar-refractivity contribution in [2.24, 2.45) is 0 Å². The van der Waals surface area contributed by atoms with Gasteiger partial charge in [-0.2, -0.15) is 9.78 Å². The minimum Gasteiger partial charge on any atom is -0.497 e. The highest BCUT2D eigenvalue weighted by molar-refractivity contribution is 7.89. The number of nitrogens with one attached hydrogen (secondary N) is 2. The molecular formula is C32H35N5O9S. The summed E-state index contributed by atoms with van der Waals surface area (Å²) in [6, 6.07) is 17.4. The Hall–Kier alpha value is -4.96. The number of benzene rings is 3. The van der Waals surface area contributed by atoms with E-state index in [-0.39, 0.29) is 45.6 Å². The van der Waals surface area contributed by atoms with Crippen LogP contribution in [0.5, 0.6) is 23.1 Å². The summed E-state index contributed by atoms with van der Waals surface area (Å²) in [5.41, 5.74) is 0.775. The fourth-order valence-corrected chi connectivity index (χ4v) is 6.13. The summed E-state index contributed by atoms with van der Waals surface area (Å²) in [5, 5.41) is 16.8. The number of methoxy groups -OCH3 is 2. The van der Waals surface area contributed by atoms with Gasteiger partial charge < -0.3 is 29.4 Å². The van der Waals surface area contributed by atoms with E-state index in [1.54, 1.807) is 48.5 Å². The van der Waals surface area contributed by atoms with Crippen molar-refractivity contribution in [3.05, 3.63) is 83.6 Å². The van der Waals surface area contributed by atoms with E-state index in [4.69, 9.17) is 18.9 Å². The minimum atomic E-state index is -4.23. The second kappa shape index (κ2) is 14.6. The molecule has 1 aliphatic heterocycles. The lowest BCUT2D eigenvalue weighted by Gasteiger charge is -2.26. The Balaban J connectivity index is 1.52. The number of carbonyl (C=O) groups is 2. The summed E-state index contributed by atoms with van der Waals surface area (Å²) < 4.78 is 53.6. The SMILES string of the molecule is COc1ccc(-n2nc(C(=O)O)c(C)c2Oc2ccc(NC(=O)c3ccccc3OC)cc2S(=O)(=O)NCCN2CCOCC2)cc1. The number of ether oxygens (including phenoxy) is 4. The number of amides is 1. The molecule has 2 heterocycles. The monoisotopic (exact) mass is 665 g/mol. The van der Waals surface area contributed by atoms with Gasteiger partial charge in [-0.15, -0.1) is 0 Å². The van der Waals surface area contributed by atoms with Gasteiger partial charge in [0.25, 0.3) is 5.91 Å². The summed E-state index contributed by atoms with van der Waals surface area (Å²) in [7, 11) is -1.27. The molecule has 0 bridgehead atoms. The molecule has 248 valence electrons. The average Bonchev–Trinajstić information content (AvgIpc) is 3.41. The molecule has 4 aromatic rings. The number of nitrogens with zero attached hydrogens (tertiary/aromatic N) is 3. The first kappa shape index (κ1) is 33.4. The summed E-state index contributed by atoms with van der Waals surface area (Å²) in [6.45, 7) is 4.57. The third-order valence-electron chi connectivity index (χ3n) is 7.46. The maximum absolute atomic E-state index is 13.8. The van der Waals surface area contributed by atoms with Gasteiger partial charge in [-0.25, -0.2) is 17.9 Å². The highest BCUT2D eigenvalue weighted by atomic mass is 32.2. The molecule has 0 unspecified atom stereocenters. The topological polar surface area (TPSA) is 171 Å². The molecule has 1 fully saturated rings. The summed E-state index contributed by atoms with van der Waals surface area (Å²) >= 11 is 0. The Labute approximate surface area is 271 Å². The van der Waals surface area contributed by atoms with Crippen LogP contribution in [0.25, 0.3) is 5.69 Å². The summed E-state index contributed by atoms with van der Waals surface area (Å²) in [4.78, 5) is 27.0. The fraction of sp³-hybridized carbons (Fsp3) is 0.281. The van der Waals surface area contributed by atoms with Crippen LogP contribution in [-0.4, -0.2) is 93.7 Å². The van der Waals surface area contributed by atoms with E-state index in [9.17, 15) is 23.1 Å². The molecular weight excluding hydrogens is 630 g/mol. The number of hydrogen-bond acceptors (Lipinski definition) is 10. The number of aromatic carboxylic acids is 1. The molecule has 0 spiro atoms. The standard InChI is InChI=1S/C32H35N5O9S/c1-21-29(32(39)40)35-37(23-9-11-24(43-2)12-10-23)31(21)46-27-13-8-22(34-30(38)25-6-4-5-7-26(25)44-3)20-28(27)47(41,42)33-14-15-36-16-18-45-19-17-36/h4-13,20,33H,14-19H2,1-3H3,(H,34,38)(H,39,40). The number of anilines is 1. The number of morpholine rings is 1. The number of carbonyl (C=O) groups excluding carboxylic acids is 1. The van der Waals surface area contributed by atoms with Gasteiger partial charge in [-0.1, -0.05) is 12.1 Å². The van der Waals surface area contributed by atoms with Crippen LogP contribution < -0.4 is 24.2 Å². The largest absolute Gasteiger partial charge is 0.497 e. The number of carboxylic acid groups (broad SMARTS) is 1. The first-order valence-corrected chi connectivity index (χ1v) is 16.1. The predicted molar refractivity (Wildman–Crippen MR) is 172 cm³/mol. The Morgan fingerprint density at radius 3 is 2.38 bits per heavy atom. The molecule has 0 radical (unpaired) electrons. The van der Waals surface area contributed by atoms with E-state index in [1.165, 1.54) is 44.0 Å². The van der Waals surface area contributed by atoms with Crippen LogP contribution in [0.2, 0.25) is 0 Å². The molecule has 1 aromatic heterocycles. The van der Waals surface area contributed by atoms with Crippen molar-refractivity contribution in [2.45, 2.75) is 11.8 Å². The van der Waals surface area contributed by atoms with Crippen molar-refractivity contribution in [3.8, 4) is 28.8 Å². The Morgan fingerprint density at radius 1 is 0.979 bits per heavy atom. The van der Waals surface area contributed by atoms with Gasteiger partial charge in [-0.3, -0.25) is 9.69 Å². The number of sulfonamides is 1. The zero-order chi connectivity index (χ0) is 33.6. The molecule has 1 aliphatic rings. The number of para-hydroxylation sites is 1. The van der Waals surface area contributed by atoms with Gasteiger partial charge in [0.15, 0.2) is 5.69 Å². The second-order valence-corrected chi connectivity index (χ2v) is 12.2. The van der Waals surface area contributed by atoms with Crippen molar-refractivity contribution in [1.82, 2.24) is 19.4 Å². The zero-order valence-electron chi connectivity index (χ0n) is 26.1. The second-order valence-electron chi connectivity index (χ2n) is 10.5. The number of rotatable bonds is 13. The van der Waals surface area contributed by atoms with E-state index in [1.807, 2.05) is 0 Å². The highest BCUT2D eigenvalue weighted by Gasteiger charge is 2.27. The number of carboxylic acids is 1. The number of hydrogen-bond donors (Lipinski definition) is 3. The van der Waals surface area contributed by atoms with Crippen LogP contribution in [0.15, 0.2) is 71.6 Å². The molecule has 3 aromatic carbocycles. The Kier molecular flexibility index (Phi) is 10.4. The quantitative estimate of drug-likeness (QED) is 0.191. The molecule has 0 atom stereocenters. The van der Waals surface area contributed by atoms with Crippen LogP contribution in [0.3, 0.4) is 0 Å². The van der Waals surface area contributed by atoms with Gasteiger partial charge in [0.2, 0.25) is 15.9 Å². The maximum Gasteiger partial charge on any atom is 0.356 e. The van der Waals surface area contributed by atoms with Crippen LogP contribution in [0, 0.1) is 6.92 Å². The van der Waals surface area contributed by atoms with Crippen molar-refractivity contribution < 1.29 is 42.1 Å². The molecule has 5 rings (SSSR count). The molecule has 15 heteroatoms. The lowest BCUT2D eigenvalue weighted by Crippen LogP contribution is -2.41. The normalized spacial score (nSPS) is 13.6. The maximum atomic E-state index is 13.8. The van der Waals surface area contributed by atoms with Crippen LogP contribution in [0.1, 0.15) is 26.4 Å². The Bertz CT molecular complexity index is 1850. The van der Waals surface area contributed by atoms with E-state index >= 15 is 0 Å². The lowest BCUT2D eigenvalue weighted by molar-refractivity contribution is 0.0390. The highest BCUT2D eigenvalue weighted by Crippen LogP contribution is 2.36. The molecule has 1 amide bonds. The smallest absolute Gasteiger partial charge is 0.356 e. The molecule has 0 saturated carbocycles. The van der Waals surface area contributed by atoms with Gasteiger partial charge >= 0.3 is 5.97 Å². The van der Waals surface area contributed by atoms with Gasteiger partial charge in [0.1, 0.15) is 22.1 Å². The minimum absolute atomic E-state index is 0.0110. The summed E-state index contributed by atoms with van der Waals surface area (Å²) in [6.07, 6.45) is 0. The molecule has 0 aliphatic carbocycles. The first-order valence-electron chi connectivity index (χ1n) is 14.6. The predicted octanol–water partition coefficient (Wildman–Crippen LogP) is 3.55. The first-order chi connectivity index (χ1) is 22.6. The zero-order valence-corrected chi connectivity index (χ0v) is 26.9. The van der Waals surface area contributed by atoms with Crippen molar-refractivity contribution in [2.75, 3.05) is 58.9 Å². The fourth-order valence-electron chi connectivity index (χ4n) is 4.96. The molecule has 47 heavy (non-hydrogen) atoms. The summed E-state index contributed by atoms with van der Waals surface area (Å²) in [5.74, 6) is -1.01. The van der Waals surface area contributed by atoms with E-state index in [0.29, 0.717) is 50.0 Å². The van der Waals surface area contributed by atoms with Crippen LogP contribution in [-0.2, 0) is 14.8 Å². The Morgan fingerprint density at radius 2 is 1.70 bits per heavy atom. The van der Waals surface area contributed by atoms with E-state index in [0.717, 1.165) is 0 Å². The number of aromatic nitrogens is 2. The molecule has 14 nitrogen and oxygen atoms in total. The van der Waals surface area contributed by atoms with E-state index < -0.39 is 21.9 Å². The third-order valence-corrected chi connectivity index (χ3v) is 8.94. The van der Waals surface area contributed by atoms with Gasteiger partial charge in [-0.05, 0) is 61.5 Å². The molecule has 3 N–H and O–H groups in total. The van der Waals surface area contributed by atoms with Crippen molar-refractivity contribution in [3.63, 3.8) is 0 Å². The van der Waals surface area contributed by atoms with Crippen LogP contribution >= 0.6 is 0 Å². The van der Waals surface area contributed by atoms with Crippen molar-refractivity contribution >= 4 is 27.6 Å².